The lowest BCUT2D eigenvalue weighted by Crippen LogP contribution is -2.11. The van der Waals surface area contributed by atoms with Crippen LogP contribution in [0.1, 0.15) is 9.67 Å². The van der Waals surface area contributed by atoms with Crippen molar-refractivity contribution in [3.63, 3.8) is 0 Å². The fraction of sp³-hybridized carbons (Fsp3) is 0. The quantitative estimate of drug-likeness (QED) is 0.313. The van der Waals surface area contributed by atoms with Crippen LogP contribution in [-0.4, -0.2) is 10.9 Å². The van der Waals surface area contributed by atoms with Gasteiger partial charge in [-0.15, -0.1) is 11.3 Å². The number of hydrogen-bond acceptors (Lipinski definition) is 3. The highest BCUT2D eigenvalue weighted by atomic mass is 35.5. The highest BCUT2D eigenvalue weighted by molar-refractivity contribution is 7.12. The number of hydrogen-bond donors (Lipinski definition) is 1. The number of amides is 1. The molecular formula is C26H17ClN2OS. The Morgan fingerprint density at radius 1 is 0.839 bits per heavy atom. The second kappa shape index (κ2) is 8.34. The largest absolute Gasteiger partial charge is 0.321 e. The number of thiophene rings is 1. The molecule has 5 aromatic rings. The number of para-hydroxylation sites is 1. The second-order valence-electron chi connectivity index (χ2n) is 7.06. The van der Waals surface area contributed by atoms with Crippen LogP contribution < -0.4 is 5.32 Å². The van der Waals surface area contributed by atoms with Gasteiger partial charge in [-0.2, -0.15) is 0 Å². The zero-order valence-electron chi connectivity index (χ0n) is 16.4. The number of anilines is 1. The molecule has 0 aliphatic rings. The summed E-state index contributed by atoms with van der Waals surface area (Å²) in [5.41, 5.74) is 5.31. The summed E-state index contributed by atoms with van der Waals surface area (Å²) >= 11 is 7.69. The number of pyridine rings is 1. The average molecular weight is 441 g/mol. The van der Waals surface area contributed by atoms with Crippen LogP contribution in [0.4, 0.5) is 5.69 Å². The Labute approximate surface area is 189 Å². The van der Waals surface area contributed by atoms with Crippen molar-refractivity contribution in [1.29, 1.82) is 0 Å². The smallest absolute Gasteiger partial charge is 0.265 e. The second-order valence-corrected chi connectivity index (χ2v) is 8.44. The van der Waals surface area contributed by atoms with Gasteiger partial charge in [0.05, 0.1) is 21.8 Å². The van der Waals surface area contributed by atoms with Crippen molar-refractivity contribution in [3.8, 4) is 22.4 Å². The molecule has 5 heteroatoms. The van der Waals surface area contributed by atoms with Gasteiger partial charge in [0.25, 0.3) is 5.91 Å². The van der Waals surface area contributed by atoms with E-state index in [1.54, 1.807) is 0 Å². The molecule has 1 amide bonds. The molecule has 0 bridgehead atoms. The summed E-state index contributed by atoms with van der Waals surface area (Å²) < 4.78 is 0. The molecule has 0 fully saturated rings. The molecule has 0 aliphatic heterocycles. The van der Waals surface area contributed by atoms with Gasteiger partial charge in [-0.25, -0.2) is 4.98 Å². The van der Waals surface area contributed by atoms with Crippen LogP contribution in [0.15, 0.2) is 96.4 Å². The molecule has 31 heavy (non-hydrogen) atoms. The summed E-state index contributed by atoms with van der Waals surface area (Å²) in [4.78, 5) is 18.2. The summed E-state index contributed by atoms with van der Waals surface area (Å²) in [6.45, 7) is 0. The zero-order chi connectivity index (χ0) is 21.2. The van der Waals surface area contributed by atoms with Crippen molar-refractivity contribution < 1.29 is 4.79 Å². The van der Waals surface area contributed by atoms with E-state index >= 15 is 0 Å². The van der Waals surface area contributed by atoms with Crippen molar-refractivity contribution in [2.24, 2.45) is 0 Å². The summed E-state index contributed by atoms with van der Waals surface area (Å²) in [5.74, 6) is -0.130. The summed E-state index contributed by atoms with van der Waals surface area (Å²) in [5, 5.41) is 6.59. The van der Waals surface area contributed by atoms with Gasteiger partial charge in [-0.05, 0) is 46.8 Å². The van der Waals surface area contributed by atoms with Crippen LogP contribution >= 0.6 is 22.9 Å². The molecule has 150 valence electrons. The number of aromatic nitrogens is 1. The molecule has 2 heterocycles. The van der Waals surface area contributed by atoms with E-state index in [9.17, 15) is 4.79 Å². The third-order valence-electron chi connectivity index (χ3n) is 5.05. The van der Waals surface area contributed by atoms with Crippen molar-refractivity contribution in [1.82, 2.24) is 4.98 Å². The molecule has 1 N–H and O–H groups in total. The highest BCUT2D eigenvalue weighted by Crippen LogP contribution is 2.35. The number of carbonyl (C=O) groups excluding carboxylic acids is 1. The summed E-state index contributed by atoms with van der Waals surface area (Å²) in [6.07, 6.45) is 0. The lowest BCUT2D eigenvalue weighted by Gasteiger charge is -2.14. The van der Waals surface area contributed by atoms with Gasteiger partial charge in [0.1, 0.15) is 0 Å². The van der Waals surface area contributed by atoms with Gasteiger partial charge in [-0.1, -0.05) is 72.3 Å². The maximum absolute atomic E-state index is 12.7. The van der Waals surface area contributed by atoms with Crippen LogP contribution in [0.5, 0.6) is 0 Å². The van der Waals surface area contributed by atoms with Gasteiger partial charge in [0.2, 0.25) is 0 Å². The molecular weight excluding hydrogens is 424 g/mol. The van der Waals surface area contributed by atoms with E-state index in [1.165, 1.54) is 11.3 Å². The van der Waals surface area contributed by atoms with Crippen molar-refractivity contribution in [2.75, 3.05) is 5.32 Å². The Morgan fingerprint density at radius 3 is 2.45 bits per heavy atom. The molecule has 0 unspecified atom stereocenters. The van der Waals surface area contributed by atoms with Crippen LogP contribution in [0.2, 0.25) is 5.02 Å². The predicted molar refractivity (Wildman–Crippen MR) is 130 cm³/mol. The number of halogens is 1. The van der Waals surface area contributed by atoms with Gasteiger partial charge in [0, 0.05) is 16.0 Å². The Hall–Kier alpha value is -3.47. The standard InChI is InChI=1S/C26H17ClN2OS/c27-18-12-13-19-21(17-7-2-1-3-8-17)16-24(28-23(19)15-18)20-9-4-5-10-22(20)29-26(30)25-11-6-14-31-25/h1-16H,(H,29,30). The van der Waals surface area contributed by atoms with Crippen LogP contribution in [0, 0.1) is 0 Å². The van der Waals surface area contributed by atoms with Crippen molar-refractivity contribution in [2.45, 2.75) is 0 Å². The van der Waals surface area contributed by atoms with E-state index in [1.807, 2.05) is 78.2 Å². The lowest BCUT2D eigenvalue weighted by atomic mass is 9.98. The Bertz CT molecular complexity index is 1380. The summed E-state index contributed by atoms with van der Waals surface area (Å²) in [6, 6.07) is 29.4. The number of nitrogens with one attached hydrogen (secondary N) is 1. The molecule has 0 radical (unpaired) electrons. The number of rotatable bonds is 4. The Kier molecular flexibility index (Phi) is 5.24. The lowest BCUT2D eigenvalue weighted by molar-refractivity contribution is 0.103. The van der Waals surface area contributed by atoms with E-state index in [0.29, 0.717) is 15.6 Å². The molecule has 0 aliphatic carbocycles. The van der Waals surface area contributed by atoms with Crippen molar-refractivity contribution >= 4 is 45.4 Å². The molecule has 0 atom stereocenters. The number of carbonyl (C=O) groups is 1. The van der Waals surface area contributed by atoms with Crippen LogP contribution in [-0.2, 0) is 0 Å². The van der Waals surface area contributed by atoms with Gasteiger partial charge in [-0.3, -0.25) is 4.79 Å². The fourth-order valence-corrected chi connectivity index (χ4v) is 4.39. The fourth-order valence-electron chi connectivity index (χ4n) is 3.60. The van der Waals surface area contributed by atoms with Gasteiger partial charge >= 0.3 is 0 Å². The summed E-state index contributed by atoms with van der Waals surface area (Å²) in [7, 11) is 0. The van der Waals surface area contributed by atoms with E-state index < -0.39 is 0 Å². The maximum Gasteiger partial charge on any atom is 0.265 e. The zero-order valence-corrected chi connectivity index (χ0v) is 18.0. The molecule has 0 saturated carbocycles. The molecule has 0 spiro atoms. The first-order valence-electron chi connectivity index (χ1n) is 9.79. The molecule has 2 aromatic heterocycles. The first kappa shape index (κ1) is 19.5. The van der Waals surface area contributed by atoms with Crippen molar-refractivity contribution in [3.05, 3.63) is 106 Å². The topological polar surface area (TPSA) is 42.0 Å². The number of fused-ring (bicyclic) bond motifs is 1. The SMILES string of the molecule is O=C(Nc1ccccc1-c1cc(-c2ccccc2)c2ccc(Cl)cc2n1)c1cccs1. The monoisotopic (exact) mass is 440 g/mol. The van der Waals surface area contributed by atoms with E-state index in [-0.39, 0.29) is 5.91 Å². The molecule has 5 rings (SSSR count). The minimum atomic E-state index is -0.130. The first-order valence-corrected chi connectivity index (χ1v) is 11.0. The Balaban J connectivity index is 1.67. The normalized spacial score (nSPS) is 10.9. The van der Waals surface area contributed by atoms with E-state index in [2.05, 4.69) is 23.5 Å². The minimum Gasteiger partial charge on any atom is -0.321 e. The van der Waals surface area contributed by atoms with Crippen LogP contribution in [0.3, 0.4) is 0 Å². The average Bonchev–Trinajstić information content (AvgIpc) is 3.34. The first-order chi connectivity index (χ1) is 15.2. The van der Waals surface area contributed by atoms with E-state index in [4.69, 9.17) is 16.6 Å². The molecule has 3 aromatic carbocycles. The number of benzene rings is 3. The maximum atomic E-state index is 12.7. The molecule has 3 nitrogen and oxygen atoms in total. The van der Waals surface area contributed by atoms with E-state index in [0.717, 1.165) is 33.3 Å². The highest BCUT2D eigenvalue weighted by Gasteiger charge is 2.15. The molecule has 0 saturated heterocycles. The van der Waals surface area contributed by atoms with Crippen LogP contribution in [0.25, 0.3) is 33.3 Å². The predicted octanol–water partition coefficient (Wildman–Crippen LogP) is 7.54. The third-order valence-corrected chi connectivity index (χ3v) is 6.16. The third kappa shape index (κ3) is 3.96. The Morgan fingerprint density at radius 2 is 1.65 bits per heavy atom. The van der Waals surface area contributed by atoms with Gasteiger partial charge in [0.15, 0.2) is 0 Å². The van der Waals surface area contributed by atoms with Gasteiger partial charge < -0.3 is 5.32 Å². The minimum absolute atomic E-state index is 0.130. The number of nitrogens with zero attached hydrogens (tertiary/aromatic N) is 1.